The number of alkyl halides is 1. The van der Waals surface area contributed by atoms with Crippen molar-refractivity contribution in [3.63, 3.8) is 0 Å². The van der Waals surface area contributed by atoms with Gasteiger partial charge >= 0.3 is 0 Å². The summed E-state index contributed by atoms with van der Waals surface area (Å²) in [6, 6.07) is 0.352. The molecule has 2 aliphatic rings. The molecular weight excluding hydrogens is 177 g/mol. The van der Waals surface area contributed by atoms with E-state index in [-0.39, 0.29) is 6.04 Å². The van der Waals surface area contributed by atoms with Crippen LogP contribution in [0.15, 0.2) is 24.8 Å². The number of hydrogen-bond acceptors (Lipinski definition) is 1. The Hall–Kier alpha value is -0.630. The van der Waals surface area contributed by atoms with Crippen molar-refractivity contribution < 1.29 is 4.39 Å². The SMILES string of the molecule is C=CC1(F)C=CC1NC1CCC(C)C1. The highest BCUT2D eigenvalue weighted by molar-refractivity contribution is 5.32. The van der Waals surface area contributed by atoms with Gasteiger partial charge in [0.25, 0.3) is 0 Å². The first-order chi connectivity index (χ1) is 6.64. The van der Waals surface area contributed by atoms with Crippen molar-refractivity contribution in [1.29, 1.82) is 0 Å². The Morgan fingerprint density at radius 3 is 2.79 bits per heavy atom. The lowest BCUT2D eigenvalue weighted by atomic mass is 9.85. The molecule has 1 N–H and O–H groups in total. The highest BCUT2D eigenvalue weighted by Crippen LogP contribution is 2.32. The molecule has 0 heterocycles. The van der Waals surface area contributed by atoms with E-state index < -0.39 is 5.67 Å². The maximum absolute atomic E-state index is 13.8. The first-order valence-electron chi connectivity index (χ1n) is 5.42. The van der Waals surface area contributed by atoms with Crippen LogP contribution in [0.4, 0.5) is 4.39 Å². The van der Waals surface area contributed by atoms with Crippen molar-refractivity contribution in [1.82, 2.24) is 5.32 Å². The second-order valence-corrected chi connectivity index (χ2v) is 4.65. The fraction of sp³-hybridized carbons (Fsp3) is 0.667. The van der Waals surface area contributed by atoms with E-state index >= 15 is 0 Å². The molecule has 0 radical (unpaired) electrons. The van der Waals surface area contributed by atoms with Crippen molar-refractivity contribution in [3.05, 3.63) is 24.8 Å². The third-order valence-electron chi connectivity index (χ3n) is 3.44. The normalized spacial score (nSPS) is 46.3. The van der Waals surface area contributed by atoms with Crippen molar-refractivity contribution in [3.8, 4) is 0 Å². The summed E-state index contributed by atoms with van der Waals surface area (Å²) in [5.74, 6) is 0.786. The summed E-state index contributed by atoms with van der Waals surface area (Å²) in [4.78, 5) is 0. The average Bonchev–Trinajstić information content (AvgIpc) is 2.57. The molecule has 1 saturated carbocycles. The highest BCUT2D eigenvalue weighted by atomic mass is 19.1. The van der Waals surface area contributed by atoms with Crippen molar-refractivity contribution >= 4 is 0 Å². The van der Waals surface area contributed by atoms with Gasteiger partial charge in [0, 0.05) is 6.04 Å². The van der Waals surface area contributed by atoms with E-state index in [1.807, 2.05) is 6.08 Å². The topological polar surface area (TPSA) is 12.0 Å². The van der Waals surface area contributed by atoms with Crippen LogP contribution in [0, 0.1) is 5.92 Å². The molecule has 14 heavy (non-hydrogen) atoms. The minimum Gasteiger partial charge on any atom is -0.304 e. The van der Waals surface area contributed by atoms with Gasteiger partial charge in [-0.15, -0.1) is 0 Å². The van der Waals surface area contributed by atoms with Gasteiger partial charge in [-0.1, -0.05) is 19.6 Å². The van der Waals surface area contributed by atoms with Gasteiger partial charge in [0.2, 0.25) is 0 Å². The van der Waals surface area contributed by atoms with Gasteiger partial charge in [0.15, 0.2) is 5.67 Å². The molecule has 0 aromatic heterocycles. The highest BCUT2D eigenvalue weighted by Gasteiger charge is 2.40. The fourth-order valence-corrected chi connectivity index (χ4v) is 2.37. The van der Waals surface area contributed by atoms with Crippen LogP contribution >= 0.6 is 0 Å². The van der Waals surface area contributed by atoms with E-state index in [9.17, 15) is 4.39 Å². The molecular formula is C12H18FN. The van der Waals surface area contributed by atoms with Crippen LogP contribution in [0.1, 0.15) is 26.2 Å². The quantitative estimate of drug-likeness (QED) is 0.682. The van der Waals surface area contributed by atoms with Crippen LogP contribution in [0.5, 0.6) is 0 Å². The molecule has 1 fully saturated rings. The van der Waals surface area contributed by atoms with Gasteiger partial charge in [-0.05, 0) is 37.3 Å². The van der Waals surface area contributed by atoms with E-state index in [2.05, 4.69) is 18.8 Å². The maximum atomic E-state index is 13.8. The van der Waals surface area contributed by atoms with Crippen LogP contribution < -0.4 is 5.32 Å². The van der Waals surface area contributed by atoms with Crippen LogP contribution in [-0.2, 0) is 0 Å². The van der Waals surface area contributed by atoms with E-state index in [4.69, 9.17) is 0 Å². The molecule has 0 aromatic rings. The lowest BCUT2D eigenvalue weighted by Gasteiger charge is -2.36. The Kier molecular flexibility index (Phi) is 2.48. The Morgan fingerprint density at radius 1 is 1.57 bits per heavy atom. The Bertz CT molecular complexity index is 261. The molecule has 0 spiro atoms. The Morgan fingerprint density at radius 2 is 2.36 bits per heavy atom. The predicted octanol–water partition coefficient (Wildman–Crippen LogP) is 2.60. The average molecular weight is 195 g/mol. The molecule has 0 aromatic carbocycles. The molecule has 2 rings (SSSR count). The lowest BCUT2D eigenvalue weighted by Crippen LogP contribution is -2.52. The third-order valence-corrected chi connectivity index (χ3v) is 3.44. The second kappa shape index (κ2) is 3.50. The van der Waals surface area contributed by atoms with Crippen molar-refractivity contribution in [2.24, 2.45) is 5.92 Å². The smallest absolute Gasteiger partial charge is 0.165 e. The van der Waals surface area contributed by atoms with Crippen LogP contribution in [0.3, 0.4) is 0 Å². The summed E-state index contributed by atoms with van der Waals surface area (Å²) >= 11 is 0. The number of halogens is 1. The Balaban J connectivity index is 1.88. The van der Waals surface area contributed by atoms with Gasteiger partial charge < -0.3 is 5.32 Å². The minimum absolute atomic E-state index is 0.143. The van der Waals surface area contributed by atoms with E-state index in [1.165, 1.54) is 25.3 Å². The van der Waals surface area contributed by atoms with Gasteiger partial charge in [-0.25, -0.2) is 4.39 Å². The first-order valence-corrected chi connectivity index (χ1v) is 5.42. The zero-order chi connectivity index (χ0) is 10.2. The molecule has 4 unspecified atom stereocenters. The van der Waals surface area contributed by atoms with Crippen molar-refractivity contribution in [2.45, 2.75) is 43.9 Å². The molecule has 2 heteroatoms. The largest absolute Gasteiger partial charge is 0.304 e. The molecule has 2 aliphatic carbocycles. The first kappa shape index (κ1) is 9.91. The molecule has 0 bridgehead atoms. The predicted molar refractivity (Wildman–Crippen MR) is 56.9 cm³/mol. The van der Waals surface area contributed by atoms with Crippen LogP contribution in [0.2, 0.25) is 0 Å². The van der Waals surface area contributed by atoms with E-state index in [0.29, 0.717) is 6.04 Å². The standard InChI is InChI=1S/C12H18FN/c1-3-12(13)7-6-11(12)14-10-5-4-9(2)8-10/h3,6-7,9-11,14H,1,4-5,8H2,2H3. The third kappa shape index (κ3) is 1.63. The van der Waals surface area contributed by atoms with Gasteiger partial charge in [0.1, 0.15) is 0 Å². The summed E-state index contributed by atoms with van der Waals surface area (Å²) in [5, 5.41) is 3.35. The van der Waals surface area contributed by atoms with Gasteiger partial charge in [-0.3, -0.25) is 0 Å². The number of hydrogen-bond donors (Lipinski definition) is 1. The molecule has 0 saturated heterocycles. The van der Waals surface area contributed by atoms with E-state index in [0.717, 1.165) is 5.92 Å². The van der Waals surface area contributed by atoms with Crippen LogP contribution in [-0.4, -0.2) is 17.8 Å². The fourth-order valence-electron chi connectivity index (χ4n) is 2.37. The molecule has 1 nitrogen and oxygen atoms in total. The molecule has 0 amide bonds. The van der Waals surface area contributed by atoms with Gasteiger partial charge in [-0.2, -0.15) is 0 Å². The molecule has 0 aliphatic heterocycles. The summed E-state index contributed by atoms with van der Waals surface area (Å²) in [7, 11) is 0. The monoisotopic (exact) mass is 195 g/mol. The summed E-state index contributed by atoms with van der Waals surface area (Å²) < 4.78 is 13.8. The number of nitrogens with one attached hydrogen (secondary N) is 1. The zero-order valence-corrected chi connectivity index (χ0v) is 8.67. The van der Waals surface area contributed by atoms with Crippen LogP contribution in [0.25, 0.3) is 0 Å². The maximum Gasteiger partial charge on any atom is 0.165 e. The van der Waals surface area contributed by atoms with E-state index in [1.54, 1.807) is 6.08 Å². The second-order valence-electron chi connectivity index (χ2n) is 4.65. The summed E-state index contributed by atoms with van der Waals surface area (Å²) in [6.07, 6.45) is 8.49. The number of rotatable bonds is 3. The molecule has 78 valence electrons. The lowest BCUT2D eigenvalue weighted by molar-refractivity contribution is 0.205. The van der Waals surface area contributed by atoms with Crippen molar-refractivity contribution in [2.75, 3.05) is 0 Å². The molecule has 4 atom stereocenters. The summed E-state index contributed by atoms with van der Waals surface area (Å²) in [5.41, 5.74) is -1.30. The minimum atomic E-state index is -1.30. The zero-order valence-electron chi connectivity index (χ0n) is 8.67. The Labute approximate surface area is 85.1 Å². The summed E-state index contributed by atoms with van der Waals surface area (Å²) in [6.45, 7) is 5.79. The van der Waals surface area contributed by atoms with Gasteiger partial charge in [0.05, 0.1) is 6.04 Å².